The van der Waals surface area contributed by atoms with Gasteiger partial charge >= 0.3 is 0 Å². The van der Waals surface area contributed by atoms with Gasteiger partial charge in [0.25, 0.3) is 0 Å². The Morgan fingerprint density at radius 3 is 2.69 bits per heavy atom. The van der Waals surface area contributed by atoms with E-state index in [0.717, 1.165) is 5.75 Å². The topological polar surface area (TPSA) is 47.3 Å². The highest BCUT2D eigenvalue weighted by Gasteiger charge is 2.29. The van der Waals surface area contributed by atoms with Crippen molar-refractivity contribution in [3.8, 4) is 0 Å². The van der Waals surface area contributed by atoms with E-state index in [0.29, 0.717) is 11.7 Å². The van der Waals surface area contributed by atoms with Crippen molar-refractivity contribution >= 4 is 29.3 Å². The van der Waals surface area contributed by atoms with Crippen LogP contribution in [0.1, 0.15) is 11.6 Å². The first-order valence-electron chi connectivity index (χ1n) is 4.96. The predicted molar refractivity (Wildman–Crippen MR) is 70.4 cm³/mol. The van der Waals surface area contributed by atoms with Crippen LogP contribution in [0.4, 0.5) is 0 Å². The molecule has 2 rings (SSSR count). The summed E-state index contributed by atoms with van der Waals surface area (Å²) in [4.78, 5) is 1.96. The lowest BCUT2D eigenvalue weighted by Crippen LogP contribution is -2.30. The normalized spacial score (nSPS) is 19.7. The van der Waals surface area contributed by atoms with Crippen molar-refractivity contribution < 1.29 is 5.11 Å². The fourth-order valence-corrected chi connectivity index (χ4v) is 2.86. The van der Waals surface area contributed by atoms with Crippen LogP contribution in [-0.2, 0) is 0 Å². The van der Waals surface area contributed by atoms with Gasteiger partial charge in [0, 0.05) is 12.3 Å². The Labute approximate surface area is 106 Å². The maximum absolute atomic E-state index is 8.96. The third-order valence-electron chi connectivity index (χ3n) is 2.54. The lowest BCUT2D eigenvalue weighted by Gasteiger charge is -2.24. The third kappa shape index (κ3) is 2.70. The molecule has 0 radical (unpaired) electrons. The fraction of sp³-hybridized carbons (Fsp3) is 0.364. The molecule has 1 saturated heterocycles. The molecule has 1 aromatic carbocycles. The molecule has 1 aliphatic heterocycles. The van der Waals surface area contributed by atoms with E-state index in [1.54, 1.807) is 11.8 Å². The zero-order valence-electron chi connectivity index (χ0n) is 8.80. The van der Waals surface area contributed by atoms with Gasteiger partial charge in [-0.2, -0.15) is 0 Å². The van der Waals surface area contributed by atoms with Gasteiger partial charge in [-0.1, -0.05) is 42.1 Å². The van der Waals surface area contributed by atoms with Gasteiger partial charge in [-0.05, 0) is 5.56 Å². The van der Waals surface area contributed by atoms with Crippen molar-refractivity contribution in [2.75, 3.05) is 18.9 Å². The first kappa shape index (κ1) is 13.4. The van der Waals surface area contributed by atoms with Crippen molar-refractivity contribution in [1.82, 2.24) is 4.90 Å². The monoisotopic (exact) mass is 258 g/mol. The van der Waals surface area contributed by atoms with Crippen LogP contribution in [0.15, 0.2) is 30.3 Å². The summed E-state index contributed by atoms with van der Waals surface area (Å²) in [6.07, 6.45) is 0. The van der Waals surface area contributed by atoms with Crippen molar-refractivity contribution in [2.24, 2.45) is 0 Å². The number of aliphatic hydroxyl groups is 1. The maximum atomic E-state index is 8.96. The van der Waals surface area contributed by atoms with E-state index in [9.17, 15) is 0 Å². The van der Waals surface area contributed by atoms with Gasteiger partial charge in [0.15, 0.2) is 5.17 Å². The van der Waals surface area contributed by atoms with Crippen molar-refractivity contribution in [3.63, 3.8) is 0 Å². The molecule has 5 heteroatoms. The number of benzene rings is 1. The Balaban J connectivity index is 0.00000128. The second kappa shape index (κ2) is 6.13. The molecule has 0 bridgehead atoms. The first-order chi connectivity index (χ1) is 7.33. The van der Waals surface area contributed by atoms with Gasteiger partial charge < -0.3 is 10.0 Å². The van der Waals surface area contributed by atoms with Crippen LogP contribution in [0, 0.1) is 5.41 Å². The summed E-state index contributed by atoms with van der Waals surface area (Å²) in [6.45, 7) is 0.650. The second-order valence-corrected chi connectivity index (χ2v) is 4.47. The molecule has 1 heterocycles. The lowest BCUT2D eigenvalue weighted by atomic mass is 10.1. The lowest BCUT2D eigenvalue weighted by molar-refractivity contribution is 0.232. The highest BCUT2D eigenvalue weighted by atomic mass is 35.5. The van der Waals surface area contributed by atoms with Crippen LogP contribution >= 0.6 is 24.2 Å². The van der Waals surface area contributed by atoms with E-state index in [1.807, 2.05) is 23.1 Å². The van der Waals surface area contributed by atoms with Crippen molar-refractivity contribution in [1.29, 1.82) is 5.41 Å². The summed E-state index contributed by atoms with van der Waals surface area (Å²) < 4.78 is 0. The summed E-state index contributed by atoms with van der Waals surface area (Å²) in [5.41, 5.74) is 1.22. The van der Waals surface area contributed by atoms with E-state index in [2.05, 4.69) is 12.1 Å². The van der Waals surface area contributed by atoms with Crippen LogP contribution < -0.4 is 0 Å². The van der Waals surface area contributed by atoms with Gasteiger partial charge in [-0.15, -0.1) is 12.4 Å². The molecule has 1 unspecified atom stereocenters. The van der Waals surface area contributed by atoms with Gasteiger partial charge in [0.2, 0.25) is 0 Å². The largest absolute Gasteiger partial charge is 0.395 e. The molecule has 0 aliphatic carbocycles. The fourth-order valence-electron chi connectivity index (χ4n) is 1.79. The molecular weight excluding hydrogens is 244 g/mol. The minimum atomic E-state index is 0. The number of hydrogen-bond acceptors (Lipinski definition) is 3. The minimum Gasteiger partial charge on any atom is -0.395 e. The number of nitrogens with one attached hydrogen (secondary N) is 1. The number of nitrogens with zero attached hydrogens (tertiary/aromatic N) is 1. The number of thioether (sulfide) groups is 1. The van der Waals surface area contributed by atoms with Crippen LogP contribution in [-0.4, -0.2) is 34.1 Å². The maximum Gasteiger partial charge on any atom is 0.157 e. The molecule has 2 N–H and O–H groups in total. The Kier molecular flexibility index (Phi) is 5.12. The number of aliphatic hydroxyl groups excluding tert-OH is 1. The molecule has 3 nitrogen and oxygen atoms in total. The summed E-state index contributed by atoms with van der Waals surface area (Å²) in [7, 11) is 0. The van der Waals surface area contributed by atoms with E-state index in [1.165, 1.54) is 5.56 Å². The van der Waals surface area contributed by atoms with Crippen LogP contribution in [0.3, 0.4) is 0 Å². The molecule has 88 valence electrons. The standard InChI is InChI=1S/C11H14N2OS.ClH/c12-11-13(6-7-14)10(8-15-11)9-4-2-1-3-5-9;/h1-5,10,12,14H,6-8H2;1H. The van der Waals surface area contributed by atoms with Crippen LogP contribution in [0.25, 0.3) is 0 Å². The SMILES string of the molecule is Cl.N=C1SCC(c2ccccc2)N1CCO. The Bertz CT molecular complexity index is 347. The zero-order valence-corrected chi connectivity index (χ0v) is 10.4. The van der Waals surface area contributed by atoms with E-state index >= 15 is 0 Å². The first-order valence-corrected chi connectivity index (χ1v) is 5.95. The third-order valence-corrected chi connectivity index (χ3v) is 3.53. The highest BCUT2D eigenvalue weighted by Crippen LogP contribution is 2.33. The number of hydrogen-bond donors (Lipinski definition) is 2. The summed E-state index contributed by atoms with van der Waals surface area (Å²) in [5.74, 6) is 0.906. The number of β-amino-alcohol motifs (C(OH)–C–C–N with tert-alkyl or cyclic N) is 1. The smallest absolute Gasteiger partial charge is 0.157 e. The van der Waals surface area contributed by atoms with Crippen molar-refractivity contribution in [2.45, 2.75) is 6.04 Å². The minimum absolute atomic E-state index is 0. The molecule has 0 saturated carbocycles. The molecule has 1 aliphatic rings. The van der Waals surface area contributed by atoms with Gasteiger partial charge in [-0.25, -0.2) is 0 Å². The predicted octanol–water partition coefficient (Wildman–Crippen LogP) is 2.13. The quantitative estimate of drug-likeness (QED) is 0.873. The Morgan fingerprint density at radius 2 is 2.06 bits per heavy atom. The van der Waals surface area contributed by atoms with Gasteiger partial charge in [-0.3, -0.25) is 5.41 Å². The highest BCUT2D eigenvalue weighted by molar-refractivity contribution is 8.14. The molecular formula is C11H15ClN2OS. The zero-order chi connectivity index (χ0) is 10.7. The Hall–Kier alpha value is -0.710. The summed E-state index contributed by atoms with van der Waals surface area (Å²) in [5, 5.41) is 17.3. The molecule has 1 atom stereocenters. The molecule has 16 heavy (non-hydrogen) atoms. The van der Waals surface area contributed by atoms with E-state index < -0.39 is 0 Å². The molecule has 0 amide bonds. The average Bonchev–Trinajstić information content (AvgIpc) is 2.63. The van der Waals surface area contributed by atoms with E-state index in [4.69, 9.17) is 10.5 Å². The average molecular weight is 259 g/mol. The van der Waals surface area contributed by atoms with Gasteiger partial charge in [0.05, 0.1) is 12.6 Å². The summed E-state index contributed by atoms with van der Waals surface area (Å²) >= 11 is 1.55. The van der Waals surface area contributed by atoms with Crippen LogP contribution in [0.5, 0.6) is 0 Å². The molecule has 0 spiro atoms. The summed E-state index contributed by atoms with van der Waals surface area (Å²) in [6, 6.07) is 10.4. The second-order valence-electron chi connectivity index (χ2n) is 3.46. The number of halogens is 1. The number of rotatable bonds is 3. The molecule has 1 fully saturated rings. The van der Waals surface area contributed by atoms with Gasteiger partial charge in [0.1, 0.15) is 0 Å². The van der Waals surface area contributed by atoms with Crippen LogP contribution in [0.2, 0.25) is 0 Å². The number of amidine groups is 1. The molecule has 0 aromatic heterocycles. The van der Waals surface area contributed by atoms with Crippen molar-refractivity contribution in [3.05, 3.63) is 35.9 Å². The Morgan fingerprint density at radius 1 is 1.38 bits per heavy atom. The molecule has 1 aromatic rings. The van der Waals surface area contributed by atoms with E-state index in [-0.39, 0.29) is 25.1 Å².